The summed E-state index contributed by atoms with van der Waals surface area (Å²) in [5, 5.41) is 24.1. The van der Waals surface area contributed by atoms with Crippen molar-refractivity contribution < 1.29 is 14.3 Å². The van der Waals surface area contributed by atoms with Gasteiger partial charge in [0.1, 0.15) is 0 Å². The first-order valence-electron chi connectivity index (χ1n) is 11.9. The summed E-state index contributed by atoms with van der Waals surface area (Å²) in [5.41, 5.74) is 2.72. The Morgan fingerprint density at radius 2 is 1.89 bits per heavy atom. The number of carbonyl (C=O) groups excluding carboxylic acids is 1. The molecule has 1 aromatic carbocycles. The fraction of sp³-hybridized carbons (Fsp3) is 0.458. The number of benzene rings is 1. The minimum atomic E-state index is -0.760. The molecule has 0 radical (unpaired) electrons. The Kier molecular flexibility index (Phi) is 7.25. The van der Waals surface area contributed by atoms with Crippen molar-refractivity contribution in [1.82, 2.24) is 20.4 Å². The highest BCUT2D eigenvalue weighted by molar-refractivity contribution is 7.19. The first kappa shape index (κ1) is 24.3. The Morgan fingerprint density at radius 1 is 1.06 bits per heavy atom. The zero-order valence-electron chi connectivity index (χ0n) is 20.5. The van der Waals surface area contributed by atoms with Crippen LogP contribution in [0.3, 0.4) is 0 Å². The van der Waals surface area contributed by atoms with Gasteiger partial charge in [0.05, 0.1) is 11.8 Å². The Balaban J connectivity index is 1.17. The van der Waals surface area contributed by atoms with Gasteiger partial charge >= 0.3 is 0 Å². The van der Waals surface area contributed by atoms with E-state index in [1.165, 1.54) is 18.4 Å². The van der Waals surface area contributed by atoms with Gasteiger partial charge in [-0.15, -0.1) is 15.3 Å². The number of methoxy groups -OCH3 is 2. The third-order valence-electron chi connectivity index (χ3n) is 6.47. The normalized spacial score (nSPS) is 18.7. The summed E-state index contributed by atoms with van der Waals surface area (Å²) in [5.74, 6) is 0.582. The van der Waals surface area contributed by atoms with Crippen LogP contribution in [0.15, 0.2) is 36.4 Å². The SMILES string of the molecule is COC1CN(c2cccc(C(OC)C(=O)Nc3nnc(N[C@@H]4CCN(c5ccc(C)nn5)C4)s3)c2)C1. The van der Waals surface area contributed by atoms with Gasteiger partial charge in [0.25, 0.3) is 5.91 Å². The number of rotatable bonds is 9. The third-order valence-corrected chi connectivity index (χ3v) is 7.24. The van der Waals surface area contributed by atoms with Gasteiger partial charge in [-0.25, -0.2) is 0 Å². The molecule has 2 atom stereocenters. The van der Waals surface area contributed by atoms with E-state index in [1.54, 1.807) is 7.11 Å². The molecule has 0 aliphatic carbocycles. The maximum atomic E-state index is 13.0. The van der Waals surface area contributed by atoms with E-state index < -0.39 is 6.10 Å². The molecule has 2 fully saturated rings. The van der Waals surface area contributed by atoms with Crippen LogP contribution < -0.4 is 20.4 Å². The molecule has 2 aliphatic rings. The predicted molar refractivity (Wildman–Crippen MR) is 139 cm³/mol. The van der Waals surface area contributed by atoms with E-state index in [0.29, 0.717) is 10.3 Å². The number of nitrogens with zero attached hydrogens (tertiary/aromatic N) is 6. The average molecular weight is 511 g/mol. The van der Waals surface area contributed by atoms with Crippen molar-refractivity contribution in [3.8, 4) is 0 Å². The molecule has 12 heteroatoms. The molecular formula is C24H30N8O3S. The second-order valence-corrected chi connectivity index (χ2v) is 9.96. The second-order valence-electron chi connectivity index (χ2n) is 8.98. The van der Waals surface area contributed by atoms with Crippen molar-refractivity contribution >= 4 is 39.0 Å². The lowest BCUT2D eigenvalue weighted by Gasteiger charge is -2.40. The molecule has 1 amide bonds. The van der Waals surface area contributed by atoms with Crippen LogP contribution >= 0.6 is 11.3 Å². The summed E-state index contributed by atoms with van der Waals surface area (Å²) in [7, 11) is 3.25. The summed E-state index contributed by atoms with van der Waals surface area (Å²) in [6, 6.07) is 12.0. The number of amides is 1. The van der Waals surface area contributed by atoms with E-state index in [2.05, 4.69) is 40.8 Å². The number of hydrogen-bond acceptors (Lipinski definition) is 11. The van der Waals surface area contributed by atoms with Gasteiger partial charge in [0, 0.05) is 52.1 Å². The molecular weight excluding hydrogens is 480 g/mol. The largest absolute Gasteiger partial charge is 0.378 e. The molecule has 1 unspecified atom stereocenters. The number of nitrogens with one attached hydrogen (secondary N) is 2. The number of hydrogen-bond donors (Lipinski definition) is 2. The number of aromatic nitrogens is 4. The molecule has 5 rings (SSSR count). The Labute approximate surface area is 213 Å². The van der Waals surface area contributed by atoms with Gasteiger partial charge in [0.15, 0.2) is 11.9 Å². The van der Waals surface area contributed by atoms with Crippen molar-refractivity contribution in [1.29, 1.82) is 0 Å². The molecule has 36 heavy (non-hydrogen) atoms. The van der Waals surface area contributed by atoms with Crippen LogP contribution in [0.2, 0.25) is 0 Å². The third kappa shape index (κ3) is 5.40. The van der Waals surface area contributed by atoms with E-state index in [-0.39, 0.29) is 18.1 Å². The van der Waals surface area contributed by atoms with Crippen LogP contribution in [-0.4, -0.2) is 78.8 Å². The zero-order chi connectivity index (χ0) is 25.1. The highest BCUT2D eigenvalue weighted by Gasteiger charge is 2.29. The van der Waals surface area contributed by atoms with E-state index in [9.17, 15) is 4.79 Å². The molecule has 2 saturated heterocycles. The maximum absolute atomic E-state index is 13.0. The Hall–Kier alpha value is -3.35. The molecule has 2 aliphatic heterocycles. The fourth-order valence-corrected chi connectivity index (χ4v) is 5.13. The Morgan fingerprint density at radius 3 is 2.64 bits per heavy atom. The lowest BCUT2D eigenvalue weighted by molar-refractivity contribution is -0.126. The highest BCUT2D eigenvalue weighted by Crippen LogP contribution is 2.29. The van der Waals surface area contributed by atoms with Crippen molar-refractivity contribution in [3.63, 3.8) is 0 Å². The molecule has 190 valence electrons. The summed E-state index contributed by atoms with van der Waals surface area (Å²) in [6.07, 6.45) is 0.434. The zero-order valence-corrected chi connectivity index (χ0v) is 21.4. The van der Waals surface area contributed by atoms with Crippen LogP contribution in [-0.2, 0) is 14.3 Å². The van der Waals surface area contributed by atoms with E-state index in [1.807, 2.05) is 43.3 Å². The van der Waals surface area contributed by atoms with Crippen molar-refractivity contribution in [2.75, 3.05) is 60.8 Å². The molecule has 11 nitrogen and oxygen atoms in total. The first-order valence-corrected chi connectivity index (χ1v) is 12.7. The number of carbonyl (C=O) groups is 1. The lowest BCUT2D eigenvalue weighted by Crippen LogP contribution is -2.51. The van der Waals surface area contributed by atoms with Gasteiger partial charge < -0.3 is 24.6 Å². The van der Waals surface area contributed by atoms with E-state index >= 15 is 0 Å². The molecule has 0 bridgehead atoms. The summed E-state index contributed by atoms with van der Waals surface area (Å²) < 4.78 is 10.9. The first-order chi connectivity index (χ1) is 17.5. The van der Waals surface area contributed by atoms with Gasteiger partial charge in [-0.05, 0) is 43.2 Å². The summed E-state index contributed by atoms with van der Waals surface area (Å²) >= 11 is 1.30. The Bertz CT molecular complexity index is 1180. The number of anilines is 4. The smallest absolute Gasteiger partial charge is 0.259 e. The van der Waals surface area contributed by atoms with Crippen molar-refractivity contribution in [2.24, 2.45) is 0 Å². The minimum Gasteiger partial charge on any atom is -0.378 e. The van der Waals surface area contributed by atoms with E-state index in [0.717, 1.165) is 55.4 Å². The summed E-state index contributed by atoms with van der Waals surface area (Å²) in [4.78, 5) is 17.4. The van der Waals surface area contributed by atoms with Crippen molar-refractivity contribution in [3.05, 3.63) is 47.7 Å². The predicted octanol–water partition coefficient (Wildman–Crippen LogP) is 2.49. The second kappa shape index (κ2) is 10.7. The van der Waals surface area contributed by atoms with Crippen molar-refractivity contribution in [2.45, 2.75) is 31.6 Å². The summed E-state index contributed by atoms with van der Waals surface area (Å²) in [6.45, 7) is 5.27. The lowest BCUT2D eigenvalue weighted by atomic mass is 10.0. The monoisotopic (exact) mass is 510 g/mol. The fourth-order valence-electron chi connectivity index (χ4n) is 4.40. The van der Waals surface area contributed by atoms with Crippen LogP contribution in [0.4, 0.5) is 21.8 Å². The standard InChI is InChI=1S/C24H30N8O3S/c1-15-7-8-20(28-27-15)31-10-9-17(12-31)25-23-29-30-24(36-23)26-22(33)21(35-3)16-5-4-6-18(11-16)32-13-19(14-32)34-2/h4-8,11,17,19,21H,9-10,12-14H2,1-3H3,(H,25,29)(H,26,30,33)/t17-,21?/m1/s1. The van der Waals surface area contributed by atoms with Crippen LogP contribution in [0.1, 0.15) is 23.8 Å². The number of aryl methyl sites for hydroxylation is 1. The molecule has 2 aromatic heterocycles. The van der Waals surface area contributed by atoms with Gasteiger partial charge in [0.2, 0.25) is 10.3 Å². The van der Waals surface area contributed by atoms with Gasteiger partial charge in [-0.3, -0.25) is 10.1 Å². The molecule has 3 aromatic rings. The molecule has 2 N–H and O–H groups in total. The minimum absolute atomic E-state index is 0.207. The van der Waals surface area contributed by atoms with Crippen LogP contribution in [0.25, 0.3) is 0 Å². The van der Waals surface area contributed by atoms with Crippen LogP contribution in [0, 0.1) is 6.92 Å². The van der Waals surface area contributed by atoms with Crippen LogP contribution in [0.5, 0.6) is 0 Å². The quantitative estimate of drug-likeness (QED) is 0.445. The highest BCUT2D eigenvalue weighted by atomic mass is 32.1. The number of ether oxygens (including phenoxy) is 2. The van der Waals surface area contributed by atoms with Gasteiger partial charge in [-0.2, -0.15) is 5.10 Å². The maximum Gasteiger partial charge on any atom is 0.259 e. The average Bonchev–Trinajstić information content (AvgIpc) is 3.49. The molecule has 0 saturated carbocycles. The molecule has 4 heterocycles. The van der Waals surface area contributed by atoms with E-state index in [4.69, 9.17) is 9.47 Å². The van der Waals surface area contributed by atoms with Gasteiger partial charge in [-0.1, -0.05) is 23.5 Å². The topological polar surface area (TPSA) is 118 Å². The molecule has 0 spiro atoms.